The van der Waals surface area contributed by atoms with Gasteiger partial charge in [0.25, 0.3) is 0 Å². The number of nitrogens with two attached hydrogens (primary N) is 1. The number of unbranched alkanes of at least 4 members (excludes halogenated alkanes) is 2. The van der Waals surface area contributed by atoms with E-state index in [9.17, 15) is 9.18 Å². The molecule has 154 valence electrons. The van der Waals surface area contributed by atoms with Gasteiger partial charge in [0.2, 0.25) is 5.91 Å². The molecule has 7 heteroatoms. The number of nitrogens with zero attached hydrogens (tertiary/aromatic N) is 1. The lowest BCUT2D eigenvalue weighted by Crippen LogP contribution is -2.42. The molecule has 1 aliphatic rings. The van der Waals surface area contributed by atoms with Gasteiger partial charge in [0.05, 0.1) is 6.04 Å². The molecule has 1 amide bonds. The van der Waals surface area contributed by atoms with Crippen molar-refractivity contribution in [3.63, 3.8) is 0 Å². The minimum absolute atomic E-state index is 0. The zero-order valence-electron chi connectivity index (χ0n) is 16.4. The highest BCUT2D eigenvalue weighted by Crippen LogP contribution is 2.24. The van der Waals surface area contributed by atoms with Crippen LogP contribution in [0.2, 0.25) is 0 Å². The van der Waals surface area contributed by atoms with E-state index in [2.05, 4.69) is 10.9 Å². The number of hydrazine groups is 1. The molecule has 1 aromatic carbocycles. The number of likely N-dealkylation sites (N-methyl/N-ethyl adjacent to an activating group) is 1. The summed E-state index contributed by atoms with van der Waals surface area (Å²) >= 11 is 0. The largest absolute Gasteiger partial charge is 0.344 e. The van der Waals surface area contributed by atoms with Gasteiger partial charge in [-0.3, -0.25) is 15.6 Å². The minimum Gasteiger partial charge on any atom is -0.344 e. The summed E-state index contributed by atoms with van der Waals surface area (Å²) in [5.74, 6) is -0.147. The number of hydrogen-bond acceptors (Lipinski definition) is 4. The van der Waals surface area contributed by atoms with Crippen molar-refractivity contribution in [3.05, 3.63) is 35.6 Å². The maximum atomic E-state index is 13.0. The highest BCUT2D eigenvalue weighted by atomic mass is 35.5. The number of benzene rings is 1. The van der Waals surface area contributed by atoms with E-state index in [1.165, 1.54) is 12.1 Å². The Morgan fingerprint density at radius 2 is 1.96 bits per heavy atom. The van der Waals surface area contributed by atoms with E-state index in [1.807, 2.05) is 26.1 Å². The third-order valence-corrected chi connectivity index (χ3v) is 5.09. The summed E-state index contributed by atoms with van der Waals surface area (Å²) in [6.07, 6.45) is 7.01. The van der Waals surface area contributed by atoms with Crippen molar-refractivity contribution < 1.29 is 9.18 Å². The second kappa shape index (κ2) is 12.3. The average molecular weight is 401 g/mol. The highest BCUT2D eigenvalue weighted by Gasteiger charge is 2.24. The Hall–Kier alpha value is -1.21. The van der Waals surface area contributed by atoms with E-state index >= 15 is 0 Å². The Balaban J connectivity index is 0.00000364. The number of carbonyl (C=O) groups is 1. The minimum atomic E-state index is -0.359. The molecule has 2 rings (SSSR count). The Bertz CT molecular complexity index is 557. The van der Waals surface area contributed by atoms with Gasteiger partial charge in [-0.2, -0.15) is 0 Å². The quantitative estimate of drug-likeness (QED) is 0.527. The van der Waals surface area contributed by atoms with Gasteiger partial charge in [-0.1, -0.05) is 38.3 Å². The Morgan fingerprint density at radius 1 is 1.26 bits per heavy atom. The molecule has 4 N–H and O–H groups in total. The second-order valence-electron chi connectivity index (χ2n) is 7.33. The Kier molecular flexibility index (Phi) is 10.8. The van der Waals surface area contributed by atoms with E-state index in [1.54, 1.807) is 4.90 Å². The van der Waals surface area contributed by atoms with Gasteiger partial charge in [0.1, 0.15) is 5.82 Å². The molecule has 0 aromatic heterocycles. The van der Waals surface area contributed by atoms with Crippen molar-refractivity contribution in [3.8, 4) is 0 Å². The molecule has 1 fully saturated rings. The van der Waals surface area contributed by atoms with E-state index < -0.39 is 0 Å². The monoisotopic (exact) mass is 400 g/mol. The predicted octanol–water partition coefficient (Wildman–Crippen LogP) is 3.30. The van der Waals surface area contributed by atoms with Gasteiger partial charge >= 0.3 is 0 Å². The molecule has 0 bridgehead atoms. The lowest BCUT2D eigenvalue weighted by Gasteiger charge is -2.21. The van der Waals surface area contributed by atoms with Gasteiger partial charge < -0.3 is 10.6 Å². The lowest BCUT2D eigenvalue weighted by atomic mass is 9.99. The summed E-state index contributed by atoms with van der Waals surface area (Å²) in [5, 5.41) is 0. The molecular weight excluding hydrogens is 367 g/mol. The fourth-order valence-corrected chi connectivity index (χ4v) is 3.47. The fraction of sp³-hybridized carbons (Fsp3) is 0.650. The molecular formula is C20H34ClFN4O. The van der Waals surface area contributed by atoms with E-state index in [4.69, 9.17) is 5.73 Å². The fourth-order valence-electron chi connectivity index (χ4n) is 3.47. The number of hydrogen-bond donors (Lipinski definition) is 3. The molecule has 1 aliphatic heterocycles. The number of halogens is 2. The molecule has 3 unspecified atom stereocenters. The van der Waals surface area contributed by atoms with E-state index in [0.29, 0.717) is 6.04 Å². The first kappa shape index (κ1) is 23.8. The van der Waals surface area contributed by atoms with Gasteiger partial charge in [-0.15, -0.1) is 12.4 Å². The van der Waals surface area contributed by atoms with Crippen LogP contribution in [0.15, 0.2) is 24.3 Å². The van der Waals surface area contributed by atoms with Crippen LogP contribution in [0.3, 0.4) is 0 Å². The van der Waals surface area contributed by atoms with Crippen LogP contribution in [-0.4, -0.2) is 36.5 Å². The van der Waals surface area contributed by atoms with Crippen LogP contribution in [0, 0.1) is 5.82 Å². The Labute approximate surface area is 168 Å². The predicted molar refractivity (Wildman–Crippen MR) is 110 cm³/mol. The van der Waals surface area contributed by atoms with Gasteiger partial charge in [-0.05, 0) is 43.4 Å². The molecule has 0 spiro atoms. The van der Waals surface area contributed by atoms with Crippen molar-refractivity contribution in [2.75, 3.05) is 13.6 Å². The SMILES string of the molecule is CCCC(N)C(=O)N(C)CCCCCC1CC(c2ccc(F)cc2)NN1.Cl. The van der Waals surface area contributed by atoms with E-state index in [0.717, 1.165) is 57.1 Å². The Morgan fingerprint density at radius 3 is 2.63 bits per heavy atom. The van der Waals surface area contributed by atoms with Crippen molar-refractivity contribution in [2.24, 2.45) is 5.73 Å². The van der Waals surface area contributed by atoms with Crippen molar-refractivity contribution in [2.45, 2.75) is 70.0 Å². The topological polar surface area (TPSA) is 70.4 Å². The summed E-state index contributed by atoms with van der Waals surface area (Å²) in [5.41, 5.74) is 13.6. The molecule has 0 radical (unpaired) electrons. The molecule has 1 saturated heterocycles. The smallest absolute Gasteiger partial charge is 0.239 e. The van der Waals surface area contributed by atoms with Crippen LogP contribution in [0.5, 0.6) is 0 Å². The number of rotatable bonds is 10. The highest BCUT2D eigenvalue weighted by molar-refractivity contribution is 5.85. The first-order valence-electron chi connectivity index (χ1n) is 9.78. The first-order valence-corrected chi connectivity index (χ1v) is 9.78. The van der Waals surface area contributed by atoms with Crippen LogP contribution in [0.4, 0.5) is 4.39 Å². The summed E-state index contributed by atoms with van der Waals surface area (Å²) in [6.45, 7) is 2.81. The third-order valence-electron chi connectivity index (χ3n) is 5.09. The van der Waals surface area contributed by atoms with Gasteiger partial charge in [-0.25, -0.2) is 4.39 Å². The molecule has 5 nitrogen and oxygen atoms in total. The number of nitrogens with one attached hydrogen (secondary N) is 2. The summed E-state index contributed by atoms with van der Waals surface area (Å²) in [4.78, 5) is 13.8. The third kappa shape index (κ3) is 7.74. The van der Waals surface area contributed by atoms with Crippen molar-refractivity contribution >= 4 is 18.3 Å². The first-order chi connectivity index (χ1) is 12.5. The molecule has 1 heterocycles. The molecule has 0 aliphatic carbocycles. The average Bonchev–Trinajstić information content (AvgIpc) is 3.10. The maximum absolute atomic E-state index is 13.0. The maximum Gasteiger partial charge on any atom is 0.239 e. The van der Waals surface area contributed by atoms with Gasteiger partial charge in [0.15, 0.2) is 0 Å². The molecule has 0 saturated carbocycles. The molecule has 27 heavy (non-hydrogen) atoms. The second-order valence-corrected chi connectivity index (χ2v) is 7.33. The van der Waals surface area contributed by atoms with E-state index in [-0.39, 0.29) is 36.2 Å². The normalized spacial score (nSPS) is 20.1. The summed E-state index contributed by atoms with van der Waals surface area (Å²) in [6, 6.07) is 7.01. The zero-order valence-corrected chi connectivity index (χ0v) is 17.2. The van der Waals surface area contributed by atoms with Crippen LogP contribution in [-0.2, 0) is 4.79 Å². The lowest BCUT2D eigenvalue weighted by molar-refractivity contribution is -0.131. The number of amides is 1. The van der Waals surface area contributed by atoms with Gasteiger partial charge in [0, 0.05) is 25.7 Å². The molecule has 1 aromatic rings. The van der Waals surface area contributed by atoms with Crippen LogP contribution in [0.1, 0.15) is 63.5 Å². The standard InChI is InChI=1S/C20H33FN4O.ClH/c1-3-7-18(22)20(26)25(2)13-6-4-5-8-17-14-19(24-23-17)15-9-11-16(21)12-10-15;/h9-12,17-19,23-24H,3-8,13-14,22H2,1-2H3;1H. The number of carbonyl (C=O) groups excluding carboxylic acids is 1. The van der Waals surface area contributed by atoms with Crippen molar-refractivity contribution in [1.29, 1.82) is 0 Å². The van der Waals surface area contributed by atoms with Crippen LogP contribution < -0.4 is 16.6 Å². The molecule has 3 atom stereocenters. The van der Waals surface area contributed by atoms with Crippen molar-refractivity contribution in [1.82, 2.24) is 15.8 Å². The zero-order chi connectivity index (χ0) is 18.9. The summed E-state index contributed by atoms with van der Waals surface area (Å²) in [7, 11) is 1.84. The summed E-state index contributed by atoms with van der Waals surface area (Å²) < 4.78 is 13.0. The van der Waals surface area contributed by atoms with Crippen LogP contribution in [0.25, 0.3) is 0 Å². The van der Waals surface area contributed by atoms with Crippen LogP contribution >= 0.6 is 12.4 Å².